The first-order valence-electron chi connectivity index (χ1n) is 4.92. The molecule has 0 aromatic carbocycles. The van der Waals surface area contributed by atoms with Gasteiger partial charge in [0.05, 0.1) is 12.7 Å². The van der Waals surface area contributed by atoms with Crippen molar-refractivity contribution in [2.24, 2.45) is 0 Å². The van der Waals surface area contributed by atoms with Crippen LogP contribution in [0.4, 0.5) is 0 Å². The van der Waals surface area contributed by atoms with Gasteiger partial charge in [-0.2, -0.15) is 0 Å². The summed E-state index contributed by atoms with van der Waals surface area (Å²) in [4.78, 5) is 0. The molecule has 0 aromatic rings. The highest BCUT2D eigenvalue weighted by molar-refractivity contribution is 6.72. The second-order valence-electron chi connectivity index (χ2n) is 3.80. The summed E-state index contributed by atoms with van der Waals surface area (Å²) in [6.45, 7) is 4.10. The molecule has 0 aliphatic heterocycles. The highest BCUT2D eigenvalue weighted by Crippen LogP contribution is 2.21. The van der Waals surface area contributed by atoms with E-state index >= 15 is 0 Å². The van der Waals surface area contributed by atoms with Gasteiger partial charge in [0.15, 0.2) is 8.32 Å². The number of hydrogen-bond acceptors (Lipinski definition) is 3. The Labute approximate surface area is 81.9 Å². The van der Waals surface area contributed by atoms with Crippen molar-refractivity contribution in [2.45, 2.75) is 44.5 Å². The zero-order valence-electron chi connectivity index (χ0n) is 8.92. The third-order valence-corrected chi connectivity index (χ3v) is 6.16. The summed E-state index contributed by atoms with van der Waals surface area (Å²) < 4.78 is 5.48. The maximum Gasteiger partial charge on any atom is 0.191 e. The van der Waals surface area contributed by atoms with Crippen molar-refractivity contribution in [1.29, 1.82) is 0 Å². The first kappa shape index (κ1) is 13.1. The van der Waals surface area contributed by atoms with Crippen LogP contribution in [0.3, 0.4) is 0 Å². The molecule has 80 valence electrons. The number of unbranched alkanes of at least 4 members (excludes halogenated alkanes) is 1. The Bertz CT molecular complexity index is 132. The molecule has 0 amide bonds. The normalized spacial score (nSPS) is 18.2. The molecule has 0 aromatic heterocycles. The number of aliphatic hydroxyl groups excluding tert-OH is 2. The van der Waals surface area contributed by atoms with Crippen molar-refractivity contribution in [3.8, 4) is 0 Å². The van der Waals surface area contributed by atoms with E-state index in [1.54, 1.807) is 7.11 Å². The van der Waals surface area contributed by atoms with Gasteiger partial charge in [0.2, 0.25) is 0 Å². The third-order valence-electron chi connectivity index (χ3n) is 2.43. The van der Waals surface area contributed by atoms with Gasteiger partial charge in [-0.05, 0) is 18.6 Å². The van der Waals surface area contributed by atoms with Gasteiger partial charge in [-0.25, -0.2) is 0 Å². The fourth-order valence-electron chi connectivity index (χ4n) is 1.40. The first-order valence-corrected chi connectivity index (χ1v) is 7.74. The molecular formula is C9H22O3Si. The molecule has 0 rings (SSSR count). The van der Waals surface area contributed by atoms with E-state index in [1.807, 2.05) is 0 Å². The Balaban J connectivity index is 3.94. The number of hydrogen-bond donors (Lipinski definition) is 2. The van der Waals surface area contributed by atoms with Gasteiger partial charge >= 0.3 is 0 Å². The summed E-state index contributed by atoms with van der Waals surface area (Å²) >= 11 is 0. The van der Waals surface area contributed by atoms with Crippen molar-refractivity contribution in [3.05, 3.63) is 0 Å². The molecule has 4 heteroatoms. The minimum absolute atomic E-state index is 0.155. The summed E-state index contributed by atoms with van der Waals surface area (Å²) in [5, 5.41) is 18.1. The highest BCUT2D eigenvalue weighted by Gasteiger charge is 2.29. The quantitative estimate of drug-likeness (QED) is 0.618. The van der Waals surface area contributed by atoms with E-state index in [9.17, 15) is 5.11 Å². The largest absolute Gasteiger partial charge is 0.420 e. The molecule has 3 nitrogen and oxygen atoms in total. The van der Waals surface area contributed by atoms with E-state index in [2.05, 4.69) is 13.5 Å². The summed E-state index contributed by atoms with van der Waals surface area (Å²) in [5.41, 5.74) is 0. The molecule has 2 atom stereocenters. The lowest BCUT2D eigenvalue weighted by molar-refractivity contribution is 0.105. The van der Waals surface area contributed by atoms with Crippen molar-refractivity contribution >= 4 is 8.32 Å². The SMILES string of the molecule is CCCC[Si](C)(CC(O)CO)OC. The smallest absolute Gasteiger partial charge is 0.191 e. The standard InChI is InChI=1S/C9H22O3Si/c1-4-5-6-13(3,12-2)8-9(11)7-10/h9-11H,4-8H2,1-3H3. The molecule has 0 fully saturated rings. The molecule has 0 bridgehead atoms. The van der Waals surface area contributed by atoms with Crippen LogP contribution in [0.15, 0.2) is 0 Å². The van der Waals surface area contributed by atoms with Gasteiger partial charge < -0.3 is 14.6 Å². The average molecular weight is 206 g/mol. The Morgan fingerprint density at radius 3 is 2.46 bits per heavy atom. The van der Waals surface area contributed by atoms with Crippen LogP contribution in [0.5, 0.6) is 0 Å². The second kappa shape index (κ2) is 6.54. The van der Waals surface area contributed by atoms with Crippen LogP contribution in [-0.4, -0.2) is 38.4 Å². The summed E-state index contributed by atoms with van der Waals surface area (Å²) in [6.07, 6.45) is 1.70. The van der Waals surface area contributed by atoms with Crippen LogP contribution in [0.25, 0.3) is 0 Å². The maximum absolute atomic E-state index is 9.33. The van der Waals surface area contributed by atoms with Gasteiger partial charge in [-0.3, -0.25) is 0 Å². The van der Waals surface area contributed by atoms with E-state index < -0.39 is 14.4 Å². The summed E-state index contributed by atoms with van der Waals surface area (Å²) in [6, 6.07) is 1.71. The Morgan fingerprint density at radius 1 is 1.46 bits per heavy atom. The molecule has 0 spiro atoms. The Kier molecular flexibility index (Phi) is 6.58. The van der Waals surface area contributed by atoms with Crippen LogP contribution in [-0.2, 0) is 4.43 Å². The fraction of sp³-hybridized carbons (Fsp3) is 1.00. The molecule has 2 N–H and O–H groups in total. The van der Waals surface area contributed by atoms with Gasteiger partial charge in [0.1, 0.15) is 0 Å². The van der Waals surface area contributed by atoms with Gasteiger partial charge in [-0.1, -0.05) is 19.8 Å². The van der Waals surface area contributed by atoms with Crippen LogP contribution in [0.1, 0.15) is 19.8 Å². The van der Waals surface area contributed by atoms with E-state index in [0.29, 0.717) is 6.04 Å². The molecule has 2 unspecified atom stereocenters. The molecule has 0 saturated heterocycles. The van der Waals surface area contributed by atoms with Crippen molar-refractivity contribution in [1.82, 2.24) is 0 Å². The van der Waals surface area contributed by atoms with Crippen molar-refractivity contribution in [3.63, 3.8) is 0 Å². The van der Waals surface area contributed by atoms with Gasteiger partial charge in [0.25, 0.3) is 0 Å². The zero-order chi connectivity index (χ0) is 10.3. The van der Waals surface area contributed by atoms with E-state index in [1.165, 1.54) is 0 Å². The van der Waals surface area contributed by atoms with E-state index in [4.69, 9.17) is 9.53 Å². The van der Waals surface area contributed by atoms with E-state index in [0.717, 1.165) is 18.9 Å². The average Bonchev–Trinajstić information content (AvgIpc) is 2.14. The fourth-order valence-corrected chi connectivity index (χ4v) is 4.20. The molecule has 0 heterocycles. The molecule has 13 heavy (non-hydrogen) atoms. The number of rotatable bonds is 7. The Morgan fingerprint density at radius 2 is 2.08 bits per heavy atom. The lowest BCUT2D eigenvalue weighted by atomic mass is 10.4. The van der Waals surface area contributed by atoms with Crippen LogP contribution in [0.2, 0.25) is 18.6 Å². The Hall–Kier alpha value is 0.0969. The number of aliphatic hydroxyl groups is 2. The minimum Gasteiger partial charge on any atom is -0.420 e. The van der Waals surface area contributed by atoms with E-state index in [-0.39, 0.29) is 6.61 Å². The van der Waals surface area contributed by atoms with Crippen LogP contribution in [0, 0.1) is 0 Å². The van der Waals surface area contributed by atoms with Crippen LogP contribution >= 0.6 is 0 Å². The van der Waals surface area contributed by atoms with Crippen LogP contribution < -0.4 is 0 Å². The predicted octanol–water partition coefficient (Wildman–Crippen LogP) is 1.36. The molecule has 0 saturated carbocycles. The third kappa shape index (κ3) is 5.41. The first-order chi connectivity index (χ1) is 6.08. The lowest BCUT2D eigenvalue weighted by Gasteiger charge is -2.27. The molecule has 0 aliphatic carbocycles. The predicted molar refractivity (Wildman–Crippen MR) is 56.2 cm³/mol. The van der Waals surface area contributed by atoms with Gasteiger partial charge in [-0.15, -0.1) is 0 Å². The topological polar surface area (TPSA) is 49.7 Å². The molecular weight excluding hydrogens is 184 g/mol. The van der Waals surface area contributed by atoms with Crippen molar-refractivity contribution < 1.29 is 14.6 Å². The lowest BCUT2D eigenvalue weighted by Crippen LogP contribution is -2.38. The summed E-state index contributed by atoms with van der Waals surface area (Å²) in [5.74, 6) is 0. The highest BCUT2D eigenvalue weighted by atomic mass is 28.4. The van der Waals surface area contributed by atoms with Crippen molar-refractivity contribution in [2.75, 3.05) is 13.7 Å². The zero-order valence-corrected chi connectivity index (χ0v) is 9.92. The molecule has 0 aliphatic rings. The minimum atomic E-state index is -1.74. The summed E-state index contributed by atoms with van der Waals surface area (Å²) in [7, 11) is -0.0241. The van der Waals surface area contributed by atoms with Gasteiger partial charge in [0, 0.05) is 7.11 Å². The maximum atomic E-state index is 9.33. The second-order valence-corrected chi connectivity index (χ2v) is 8.01. The molecule has 0 radical (unpaired) electrons. The monoisotopic (exact) mass is 206 g/mol.